The maximum Gasteiger partial charge on any atom is 0.261 e. The zero-order valence-corrected chi connectivity index (χ0v) is 17.2. The Bertz CT molecular complexity index is 1150. The highest BCUT2D eigenvalue weighted by molar-refractivity contribution is 6.21. The number of carbonyl (C=O) groups is 3. The van der Waals surface area contributed by atoms with E-state index in [0.29, 0.717) is 16.7 Å². The van der Waals surface area contributed by atoms with Crippen LogP contribution in [0.3, 0.4) is 0 Å². The number of hydrogen-bond donors (Lipinski definition) is 0. The van der Waals surface area contributed by atoms with E-state index in [0.717, 1.165) is 30.5 Å². The van der Waals surface area contributed by atoms with Gasteiger partial charge in [0.05, 0.1) is 29.9 Å². The highest BCUT2D eigenvalue weighted by Gasteiger charge is 2.35. The number of fused-ring (bicyclic) bond motifs is 1. The number of nitrogens with zero attached hydrogens (tertiary/aromatic N) is 4. The maximum atomic E-state index is 13.1. The molecule has 7 heteroatoms. The van der Waals surface area contributed by atoms with Crippen molar-refractivity contribution < 1.29 is 14.4 Å². The number of rotatable bonds is 4. The Hall–Kier alpha value is -3.74. The third-order valence-electron chi connectivity index (χ3n) is 6.04. The number of carbonyl (C=O) groups excluding carboxylic acids is 3. The Morgan fingerprint density at radius 2 is 1.71 bits per heavy atom. The van der Waals surface area contributed by atoms with Crippen molar-refractivity contribution in [2.24, 2.45) is 7.05 Å². The molecule has 0 bridgehead atoms. The van der Waals surface area contributed by atoms with Gasteiger partial charge in [0, 0.05) is 30.9 Å². The zero-order chi connectivity index (χ0) is 21.5. The first-order chi connectivity index (χ1) is 15.0. The van der Waals surface area contributed by atoms with E-state index in [9.17, 15) is 14.4 Å². The molecule has 1 aromatic heterocycles. The van der Waals surface area contributed by atoms with E-state index in [1.165, 1.54) is 4.90 Å². The second-order valence-electron chi connectivity index (χ2n) is 8.04. The quantitative estimate of drug-likeness (QED) is 0.615. The van der Waals surface area contributed by atoms with Gasteiger partial charge in [0.25, 0.3) is 17.7 Å². The molecule has 0 spiro atoms. The summed E-state index contributed by atoms with van der Waals surface area (Å²) in [4.78, 5) is 41.4. The molecule has 2 aromatic carbocycles. The van der Waals surface area contributed by atoms with Crippen molar-refractivity contribution >= 4 is 17.7 Å². The lowest BCUT2D eigenvalue weighted by molar-refractivity contribution is 0.0640. The van der Waals surface area contributed by atoms with Crippen LogP contribution in [-0.2, 0) is 13.6 Å². The number of aryl methyl sites for hydroxylation is 1. The molecule has 0 radical (unpaired) electrons. The van der Waals surface area contributed by atoms with Gasteiger partial charge in [-0.25, -0.2) is 0 Å². The van der Waals surface area contributed by atoms with Crippen LogP contribution in [-0.4, -0.2) is 43.8 Å². The predicted octanol–water partition coefficient (Wildman–Crippen LogP) is 3.19. The first kappa shape index (κ1) is 19.2. The first-order valence-electron chi connectivity index (χ1n) is 10.4. The molecule has 3 aromatic rings. The molecule has 2 aliphatic rings. The Labute approximate surface area is 179 Å². The summed E-state index contributed by atoms with van der Waals surface area (Å²) in [7, 11) is 1.87. The minimum Gasteiger partial charge on any atom is -0.331 e. The lowest BCUT2D eigenvalue weighted by Gasteiger charge is -2.24. The summed E-state index contributed by atoms with van der Waals surface area (Å²) in [6.07, 6.45) is 5.67. The SMILES string of the molecule is Cn1cc(C2CCCN2C(=O)c2ccc(CN3C(=O)c4ccccc4C3=O)cc2)cn1. The van der Waals surface area contributed by atoms with Crippen LogP contribution in [0, 0.1) is 0 Å². The van der Waals surface area contributed by atoms with Crippen molar-refractivity contribution in [1.29, 1.82) is 0 Å². The van der Waals surface area contributed by atoms with Crippen molar-refractivity contribution in [2.45, 2.75) is 25.4 Å². The van der Waals surface area contributed by atoms with Crippen LogP contribution >= 0.6 is 0 Å². The van der Waals surface area contributed by atoms with Gasteiger partial charge < -0.3 is 4.90 Å². The largest absolute Gasteiger partial charge is 0.331 e. The normalized spacial score (nSPS) is 18.0. The van der Waals surface area contributed by atoms with Crippen LogP contribution in [0.4, 0.5) is 0 Å². The fourth-order valence-corrected chi connectivity index (χ4v) is 4.45. The van der Waals surface area contributed by atoms with Gasteiger partial charge in [-0.15, -0.1) is 0 Å². The molecule has 0 aliphatic carbocycles. The van der Waals surface area contributed by atoms with E-state index in [1.807, 2.05) is 36.5 Å². The summed E-state index contributed by atoms with van der Waals surface area (Å²) >= 11 is 0. The molecule has 1 atom stereocenters. The summed E-state index contributed by atoms with van der Waals surface area (Å²) < 4.78 is 1.75. The first-order valence-corrected chi connectivity index (χ1v) is 10.4. The summed E-state index contributed by atoms with van der Waals surface area (Å²) in [5.41, 5.74) is 3.33. The smallest absolute Gasteiger partial charge is 0.261 e. The molecular weight excluding hydrogens is 392 g/mol. The predicted molar refractivity (Wildman–Crippen MR) is 113 cm³/mol. The summed E-state index contributed by atoms with van der Waals surface area (Å²) in [5.74, 6) is -0.576. The topological polar surface area (TPSA) is 75.5 Å². The second-order valence-corrected chi connectivity index (χ2v) is 8.04. The number of likely N-dealkylation sites (tertiary alicyclic amines) is 1. The van der Waals surface area contributed by atoms with Gasteiger partial charge in [0.2, 0.25) is 0 Å². The molecule has 3 heterocycles. The lowest BCUT2D eigenvalue weighted by Crippen LogP contribution is -2.30. The molecule has 31 heavy (non-hydrogen) atoms. The van der Waals surface area contributed by atoms with Gasteiger partial charge in [-0.1, -0.05) is 24.3 Å². The van der Waals surface area contributed by atoms with Crippen LogP contribution in [0.2, 0.25) is 0 Å². The van der Waals surface area contributed by atoms with Crippen molar-refractivity contribution in [3.05, 3.63) is 88.7 Å². The van der Waals surface area contributed by atoms with Crippen LogP contribution < -0.4 is 0 Å². The Morgan fingerprint density at radius 1 is 1.03 bits per heavy atom. The Morgan fingerprint density at radius 3 is 2.32 bits per heavy atom. The lowest BCUT2D eigenvalue weighted by atomic mass is 10.1. The second kappa shape index (κ2) is 7.50. The highest BCUT2D eigenvalue weighted by Crippen LogP contribution is 2.33. The Balaban J connectivity index is 1.31. The van der Waals surface area contributed by atoms with E-state index in [4.69, 9.17) is 0 Å². The number of hydrogen-bond acceptors (Lipinski definition) is 4. The fourth-order valence-electron chi connectivity index (χ4n) is 4.45. The maximum absolute atomic E-state index is 13.1. The monoisotopic (exact) mass is 414 g/mol. The van der Waals surface area contributed by atoms with Crippen molar-refractivity contribution in [2.75, 3.05) is 6.54 Å². The van der Waals surface area contributed by atoms with Gasteiger partial charge in [-0.3, -0.25) is 24.0 Å². The van der Waals surface area contributed by atoms with Gasteiger partial charge in [-0.2, -0.15) is 5.10 Å². The van der Waals surface area contributed by atoms with Crippen LogP contribution in [0.5, 0.6) is 0 Å². The third-order valence-corrected chi connectivity index (χ3v) is 6.04. The molecule has 5 rings (SSSR count). The average Bonchev–Trinajstić information content (AvgIpc) is 3.50. The third kappa shape index (κ3) is 3.32. The molecule has 2 aliphatic heterocycles. The molecule has 1 saturated heterocycles. The van der Waals surface area contributed by atoms with E-state index >= 15 is 0 Å². The summed E-state index contributed by atoms with van der Waals surface area (Å²) in [5, 5.41) is 4.23. The van der Waals surface area contributed by atoms with E-state index in [1.54, 1.807) is 41.1 Å². The van der Waals surface area contributed by atoms with Crippen molar-refractivity contribution in [3.63, 3.8) is 0 Å². The zero-order valence-electron chi connectivity index (χ0n) is 17.2. The van der Waals surface area contributed by atoms with E-state index < -0.39 is 0 Å². The number of imide groups is 1. The molecule has 1 unspecified atom stereocenters. The number of aromatic nitrogens is 2. The van der Waals surface area contributed by atoms with Crippen LogP contribution in [0.25, 0.3) is 0 Å². The van der Waals surface area contributed by atoms with Crippen molar-refractivity contribution in [3.8, 4) is 0 Å². The van der Waals surface area contributed by atoms with Crippen LogP contribution in [0.15, 0.2) is 60.9 Å². The fraction of sp³-hybridized carbons (Fsp3) is 0.250. The molecule has 0 saturated carbocycles. The van der Waals surface area contributed by atoms with Gasteiger partial charge in [0.1, 0.15) is 0 Å². The molecular formula is C24H22N4O3. The van der Waals surface area contributed by atoms with Gasteiger partial charge >= 0.3 is 0 Å². The summed E-state index contributed by atoms with van der Waals surface area (Å²) in [6, 6.07) is 14.1. The molecule has 3 amide bonds. The van der Waals surface area contributed by atoms with E-state index in [-0.39, 0.29) is 30.3 Å². The number of amides is 3. The Kier molecular flexibility index (Phi) is 4.66. The van der Waals surface area contributed by atoms with Crippen LogP contribution in [0.1, 0.15) is 61.1 Å². The molecule has 1 fully saturated rings. The molecule has 0 N–H and O–H groups in total. The number of benzene rings is 2. The molecule has 156 valence electrons. The van der Waals surface area contributed by atoms with E-state index in [2.05, 4.69) is 5.10 Å². The average molecular weight is 414 g/mol. The minimum absolute atomic E-state index is 0.0152. The summed E-state index contributed by atoms with van der Waals surface area (Å²) in [6.45, 7) is 0.901. The highest BCUT2D eigenvalue weighted by atomic mass is 16.2. The standard InChI is InChI=1S/C24H22N4O3/c1-26-15-18(13-25-26)21-7-4-12-27(21)22(29)17-10-8-16(9-11-17)14-28-23(30)19-5-2-3-6-20(19)24(28)31/h2-3,5-6,8-11,13,15,21H,4,7,12,14H2,1H3. The minimum atomic E-state index is -0.280. The van der Waals surface area contributed by atoms with Crippen molar-refractivity contribution in [1.82, 2.24) is 19.6 Å². The molecule has 7 nitrogen and oxygen atoms in total. The van der Waals surface area contributed by atoms with Gasteiger partial charge in [-0.05, 0) is 42.7 Å². The van der Waals surface area contributed by atoms with Gasteiger partial charge in [0.15, 0.2) is 0 Å².